The lowest BCUT2D eigenvalue weighted by Gasteiger charge is -2.32. The van der Waals surface area contributed by atoms with E-state index in [0.29, 0.717) is 12.6 Å². The average molecular weight is 204 g/mol. The summed E-state index contributed by atoms with van der Waals surface area (Å²) in [5.41, 5.74) is 1.27. The van der Waals surface area contributed by atoms with Crippen LogP contribution in [0.4, 0.5) is 0 Å². The highest BCUT2D eigenvalue weighted by atomic mass is 16.2. The number of carbonyl (C=O) groups excluding carboxylic acids is 1. The molecule has 1 atom stereocenters. The summed E-state index contributed by atoms with van der Waals surface area (Å²) in [5, 5.41) is 2.84. The smallest absolute Gasteiger partial charge is 0.234 e. The fourth-order valence-electron chi connectivity index (χ4n) is 1.93. The number of benzene rings is 1. The van der Waals surface area contributed by atoms with E-state index >= 15 is 0 Å². The van der Waals surface area contributed by atoms with Crippen LogP contribution in [0, 0.1) is 0 Å². The zero-order chi connectivity index (χ0) is 10.7. The van der Waals surface area contributed by atoms with Gasteiger partial charge in [0.2, 0.25) is 5.91 Å². The van der Waals surface area contributed by atoms with Crippen LogP contribution in [0.2, 0.25) is 0 Å². The molecule has 3 heteroatoms. The zero-order valence-electron chi connectivity index (χ0n) is 8.94. The van der Waals surface area contributed by atoms with Crippen LogP contribution < -0.4 is 5.32 Å². The highest BCUT2D eigenvalue weighted by Gasteiger charge is 2.21. The Morgan fingerprint density at radius 2 is 2.07 bits per heavy atom. The summed E-state index contributed by atoms with van der Waals surface area (Å²) in [4.78, 5) is 13.5. The molecule has 1 amide bonds. The van der Waals surface area contributed by atoms with Gasteiger partial charge in [-0.1, -0.05) is 30.3 Å². The quantitative estimate of drug-likeness (QED) is 0.784. The molecule has 1 heterocycles. The molecule has 1 saturated heterocycles. The first kappa shape index (κ1) is 10.2. The zero-order valence-corrected chi connectivity index (χ0v) is 8.94. The molecular weight excluding hydrogens is 188 g/mol. The third-order valence-electron chi connectivity index (χ3n) is 2.90. The summed E-state index contributed by atoms with van der Waals surface area (Å²) in [6, 6.07) is 10.6. The Balaban J connectivity index is 2.07. The van der Waals surface area contributed by atoms with Crippen molar-refractivity contribution in [3.63, 3.8) is 0 Å². The van der Waals surface area contributed by atoms with E-state index in [1.54, 1.807) is 0 Å². The van der Waals surface area contributed by atoms with Gasteiger partial charge >= 0.3 is 0 Å². The maximum Gasteiger partial charge on any atom is 0.234 e. The molecule has 1 aliphatic heterocycles. The summed E-state index contributed by atoms with van der Waals surface area (Å²) >= 11 is 0. The van der Waals surface area contributed by atoms with E-state index in [0.717, 1.165) is 13.1 Å². The van der Waals surface area contributed by atoms with Gasteiger partial charge in [-0.25, -0.2) is 0 Å². The molecule has 0 radical (unpaired) electrons. The molecule has 1 N–H and O–H groups in total. The molecule has 1 aromatic rings. The summed E-state index contributed by atoms with van der Waals surface area (Å²) in [5.74, 6) is 0.129. The third kappa shape index (κ3) is 2.36. The van der Waals surface area contributed by atoms with Gasteiger partial charge in [0.15, 0.2) is 0 Å². The lowest BCUT2D eigenvalue weighted by Crippen LogP contribution is -2.48. The predicted molar refractivity (Wildman–Crippen MR) is 59.4 cm³/mol. The number of rotatable bonds is 2. The Morgan fingerprint density at radius 1 is 1.33 bits per heavy atom. The maximum atomic E-state index is 11.3. The molecule has 1 aromatic carbocycles. The van der Waals surface area contributed by atoms with Crippen LogP contribution in [0.3, 0.4) is 0 Å². The molecule has 0 aliphatic carbocycles. The van der Waals surface area contributed by atoms with Crippen molar-refractivity contribution in [1.29, 1.82) is 0 Å². The molecule has 0 bridgehead atoms. The topological polar surface area (TPSA) is 32.3 Å². The lowest BCUT2D eigenvalue weighted by molar-refractivity contribution is -0.124. The van der Waals surface area contributed by atoms with Crippen molar-refractivity contribution >= 4 is 5.91 Å². The summed E-state index contributed by atoms with van der Waals surface area (Å²) in [6.45, 7) is 4.35. The molecule has 0 aromatic heterocycles. The Bertz CT molecular complexity index is 337. The van der Waals surface area contributed by atoms with E-state index in [2.05, 4.69) is 29.3 Å². The number of piperazine rings is 1. The van der Waals surface area contributed by atoms with Gasteiger partial charge in [0.05, 0.1) is 6.54 Å². The SMILES string of the molecule is CC(c1ccccc1)N1CCNC(=O)C1. The molecule has 0 saturated carbocycles. The van der Waals surface area contributed by atoms with Crippen molar-refractivity contribution in [1.82, 2.24) is 10.2 Å². The van der Waals surface area contributed by atoms with Crippen molar-refractivity contribution in [3.05, 3.63) is 35.9 Å². The number of hydrogen-bond acceptors (Lipinski definition) is 2. The first-order valence-electron chi connectivity index (χ1n) is 5.33. The standard InChI is InChI=1S/C12H16N2O/c1-10(11-5-3-2-4-6-11)14-8-7-13-12(15)9-14/h2-6,10H,7-9H2,1H3,(H,13,15). The predicted octanol–water partition coefficient (Wildman–Crippen LogP) is 1.18. The van der Waals surface area contributed by atoms with Gasteiger partial charge in [-0.2, -0.15) is 0 Å². The van der Waals surface area contributed by atoms with E-state index in [9.17, 15) is 4.79 Å². The van der Waals surface area contributed by atoms with Crippen molar-refractivity contribution in [2.45, 2.75) is 13.0 Å². The molecule has 1 unspecified atom stereocenters. The van der Waals surface area contributed by atoms with Gasteiger partial charge in [0.25, 0.3) is 0 Å². The largest absolute Gasteiger partial charge is 0.354 e. The van der Waals surface area contributed by atoms with E-state index in [1.807, 2.05) is 18.2 Å². The van der Waals surface area contributed by atoms with Gasteiger partial charge < -0.3 is 5.32 Å². The lowest BCUT2D eigenvalue weighted by atomic mass is 10.1. The first-order valence-corrected chi connectivity index (χ1v) is 5.33. The van der Waals surface area contributed by atoms with Crippen molar-refractivity contribution < 1.29 is 4.79 Å². The molecule has 1 aliphatic rings. The maximum absolute atomic E-state index is 11.3. The molecule has 2 rings (SSSR count). The van der Waals surface area contributed by atoms with Crippen molar-refractivity contribution in [2.24, 2.45) is 0 Å². The fourth-order valence-corrected chi connectivity index (χ4v) is 1.93. The van der Waals surface area contributed by atoms with Crippen molar-refractivity contribution in [2.75, 3.05) is 19.6 Å². The molecule has 0 spiro atoms. The number of nitrogens with zero attached hydrogens (tertiary/aromatic N) is 1. The van der Waals surface area contributed by atoms with Gasteiger partial charge in [0.1, 0.15) is 0 Å². The minimum Gasteiger partial charge on any atom is -0.354 e. The Kier molecular flexibility index (Phi) is 3.02. The second kappa shape index (κ2) is 4.45. The van der Waals surface area contributed by atoms with Gasteiger partial charge in [-0.3, -0.25) is 9.69 Å². The second-order valence-electron chi connectivity index (χ2n) is 3.91. The molecule has 1 fully saturated rings. The Hall–Kier alpha value is -1.35. The molecular formula is C12H16N2O. The summed E-state index contributed by atoms with van der Waals surface area (Å²) < 4.78 is 0. The van der Waals surface area contributed by atoms with E-state index < -0.39 is 0 Å². The normalized spacial score (nSPS) is 19.7. The monoisotopic (exact) mass is 204 g/mol. The third-order valence-corrected chi connectivity index (χ3v) is 2.90. The molecule has 80 valence electrons. The van der Waals surface area contributed by atoms with Crippen LogP contribution >= 0.6 is 0 Å². The van der Waals surface area contributed by atoms with Gasteiger partial charge in [-0.05, 0) is 12.5 Å². The highest BCUT2D eigenvalue weighted by molar-refractivity contribution is 5.78. The van der Waals surface area contributed by atoms with Crippen molar-refractivity contribution in [3.8, 4) is 0 Å². The van der Waals surface area contributed by atoms with E-state index in [4.69, 9.17) is 0 Å². The van der Waals surface area contributed by atoms with Crippen LogP contribution in [0.1, 0.15) is 18.5 Å². The number of carbonyl (C=O) groups is 1. The minimum absolute atomic E-state index is 0.129. The Morgan fingerprint density at radius 3 is 2.73 bits per heavy atom. The van der Waals surface area contributed by atoms with Gasteiger partial charge in [-0.15, -0.1) is 0 Å². The minimum atomic E-state index is 0.129. The second-order valence-corrected chi connectivity index (χ2v) is 3.91. The fraction of sp³-hybridized carbons (Fsp3) is 0.417. The van der Waals surface area contributed by atoms with Crippen LogP contribution in [0.15, 0.2) is 30.3 Å². The number of nitrogens with one attached hydrogen (secondary N) is 1. The summed E-state index contributed by atoms with van der Waals surface area (Å²) in [7, 11) is 0. The van der Waals surface area contributed by atoms with Gasteiger partial charge in [0, 0.05) is 19.1 Å². The van der Waals surface area contributed by atoms with E-state index in [1.165, 1.54) is 5.56 Å². The first-order chi connectivity index (χ1) is 7.27. The summed E-state index contributed by atoms with van der Waals surface area (Å²) in [6.07, 6.45) is 0. The molecule has 3 nitrogen and oxygen atoms in total. The van der Waals surface area contributed by atoms with Crippen LogP contribution in [0.5, 0.6) is 0 Å². The number of amides is 1. The molecule has 15 heavy (non-hydrogen) atoms. The van der Waals surface area contributed by atoms with Crippen LogP contribution in [0.25, 0.3) is 0 Å². The number of hydrogen-bond donors (Lipinski definition) is 1. The van der Waals surface area contributed by atoms with Crippen LogP contribution in [-0.2, 0) is 4.79 Å². The van der Waals surface area contributed by atoms with E-state index in [-0.39, 0.29) is 5.91 Å². The average Bonchev–Trinajstić information content (AvgIpc) is 2.29. The highest BCUT2D eigenvalue weighted by Crippen LogP contribution is 2.19. The Labute approximate surface area is 90.1 Å². The van der Waals surface area contributed by atoms with Crippen LogP contribution in [-0.4, -0.2) is 30.4 Å².